The van der Waals surface area contributed by atoms with Crippen LogP contribution in [0.15, 0.2) is 24.3 Å². The van der Waals surface area contributed by atoms with Gasteiger partial charge in [0.2, 0.25) is 0 Å². The van der Waals surface area contributed by atoms with Crippen molar-refractivity contribution in [2.24, 2.45) is 5.41 Å². The second-order valence-electron chi connectivity index (χ2n) is 9.01. The molecule has 1 atom stereocenters. The van der Waals surface area contributed by atoms with Gasteiger partial charge in [-0.15, -0.1) is 0 Å². The van der Waals surface area contributed by atoms with E-state index < -0.39 is 12.1 Å². The second-order valence-corrected chi connectivity index (χ2v) is 9.01. The van der Waals surface area contributed by atoms with Crippen molar-refractivity contribution in [3.8, 4) is 0 Å². The Balaban J connectivity index is 0.000000383. The monoisotopic (exact) mass is 472 g/mol. The van der Waals surface area contributed by atoms with Crippen LogP contribution in [0.2, 0.25) is 0 Å². The van der Waals surface area contributed by atoms with Gasteiger partial charge in [-0.3, -0.25) is 9.69 Å². The quantitative estimate of drug-likeness (QED) is 0.729. The summed E-state index contributed by atoms with van der Waals surface area (Å²) < 4.78 is 43.3. The van der Waals surface area contributed by atoms with Gasteiger partial charge in [0.05, 0.1) is 25.9 Å². The van der Waals surface area contributed by atoms with Gasteiger partial charge in [0.15, 0.2) is 0 Å². The maximum absolute atomic E-state index is 12.7. The first-order valence-electron chi connectivity index (χ1n) is 11.2. The minimum absolute atomic E-state index is 0.170. The predicted molar refractivity (Wildman–Crippen MR) is 114 cm³/mol. The van der Waals surface area contributed by atoms with Gasteiger partial charge in [-0.25, -0.2) is 4.79 Å². The summed E-state index contributed by atoms with van der Waals surface area (Å²) in [5.41, 5.74) is 2.27. The number of amides is 1. The van der Waals surface area contributed by atoms with Crippen molar-refractivity contribution in [3.05, 3.63) is 35.4 Å². The third kappa shape index (κ3) is 7.15. The summed E-state index contributed by atoms with van der Waals surface area (Å²) in [6, 6.07) is 7.91. The average molecular weight is 473 g/mol. The fourth-order valence-corrected chi connectivity index (χ4v) is 4.50. The maximum atomic E-state index is 12.7. The number of carboxylic acids is 1. The van der Waals surface area contributed by atoms with Crippen LogP contribution in [0, 0.1) is 12.3 Å². The average Bonchev–Trinajstić information content (AvgIpc) is 3.16. The molecule has 33 heavy (non-hydrogen) atoms. The van der Waals surface area contributed by atoms with E-state index in [4.69, 9.17) is 19.4 Å². The number of halogens is 3. The summed E-state index contributed by atoms with van der Waals surface area (Å²) in [5, 5.41) is 7.12. The molecule has 184 valence electrons. The number of hydrogen-bond donors (Lipinski definition) is 1. The van der Waals surface area contributed by atoms with Crippen LogP contribution in [-0.4, -0.2) is 91.6 Å². The topological polar surface area (TPSA) is 79.3 Å². The Morgan fingerprint density at radius 1 is 1.09 bits per heavy atom. The Hall–Kier alpha value is -2.17. The second kappa shape index (κ2) is 10.8. The predicted octanol–water partition coefficient (Wildman–Crippen LogP) is 2.97. The van der Waals surface area contributed by atoms with Gasteiger partial charge in [0.25, 0.3) is 5.91 Å². The number of carbonyl (C=O) groups is 2. The van der Waals surface area contributed by atoms with Gasteiger partial charge in [-0.2, -0.15) is 13.2 Å². The summed E-state index contributed by atoms with van der Waals surface area (Å²) in [6.07, 6.45) is -1.49. The minimum atomic E-state index is -5.08. The standard InChI is InChI=1S/C21H30N2O3.C2HF3O2/c1-17-2-4-18(5-3-17)20(24)23-8-6-21(7-9-23)14-19(26-16-21)15-22-10-12-25-13-11-22;3-2(4,5)1(6)7/h2-5,19H,6-16H2,1H3;(H,6,7). The van der Waals surface area contributed by atoms with E-state index >= 15 is 0 Å². The van der Waals surface area contributed by atoms with Crippen LogP contribution in [0.1, 0.15) is 35.2 Å². The van der Waals surface area contributed by atoms with E-state index in [1.54, 1.807) is 0 Å². The molecule has 4 rings (SSSR count). The van der Waals surface area contributed by atoms with Crippen LogP contribution >= 0.6 is 0 Å². The van der Waals surface area contributed by atoms with Gasteiger partial charge < -0.3 is 19.5 Å². The third-order valence-electron chi connectivity index (χ3n) is 6.50. The molecular weight excluding hydrogens is 441 g/mol. The zero-order valence-electron chi connectivity index (χ0n) is 18.8. The van der Waals surface area contributed by atoms with Gasteiger partial charge in [0, 0.05) is 38.3 Å². The van der Waals surface area contributed by atoms with Gasteiger partial charge >= 0.3 is 12.1 Å². The number of piperidine rings is 1. The highest BCUT2D eigenvalue weighted by Crippen LogP contribution is 2.42. The maximum Gasteiger partial charge on any atom is 0.490 e. The van der Waals surface area contributed by atoms with Crippen LogP contribution in [0.3, 0.4) is 0 Å². The van der Waals surface area contributed by atoms with E-state index in [-0.39, 0.29) is 11.3 Å². The number of aryl methyl sites for hydroxylation is 1. The van der Waals surface area contributed by atoms with Crippen molar-refractivity contribution < 1.29 is 37.3 Å². The first-order valence-corrected chi connectivity index (χ1v) is 11.2. The van der Waals surface area contributed by atoms with Crippen molar-refractivity contribution >= 4 is 11.9 Å². The number of likely N-dealkylation sites (tertiary alicyclic amines) is 1. The van der Waals surface area contributed by atoms with E-state index in [1.165, 1.54) is 5.56 Å². The van der Waals surface area contributed by atoms with Crippen molar-refractivity contribution in [2.75, 3.05) is 52.5 Å². The molecule has 1 spiro atoms. The molecule has 1 amide bonds. The van der Waals surface area contributed by atoms with E-state index in [1.807, 2.05) is 36.1 Å². The molecule has 1 N–H and O–H groups in total. The molecule has 3 aliphatic rings. The van der Waals surface area contributed by atoms with Gasteiger partial charge in [0.1, 0.15) is 0 Å². The normalized spacial score (nSPS) is 23.2. The van der Waals surface area contributed by atoms with Crippen LogP contribution < -0.4 is 0 Å². The first kappa shape index (κ1) is 25.5. The fourth-order valence-electron chi connectivity index (χ4n) is 4.50. The SMILES string of the molecule is Cc1ccc(C(=O)N2CCC3(CC2)COC(CN2CCOCC2)C3)cc1.O=C(O)C(F)(F)F. The van der Waals surface area contributed by atoms with Crippen LogP contribution in [0.25, 0.3) is 0 Å². The molecule has 1 aromatic carbocycles. The highest BCUT2D eigenvalue weighted by Gasteiger charge is 2.43. The Labute approximate surface area is 191 Å². The highest BCUT2D eigenvalue weighted by atomic mass is 19.4. The molecule has 10 heteroatoms. The molecule has 3 heterocycles. The molecule has 1 aromatic rings. The smallest absolute Gasteiger partial charge is 0.475 e. The van der Waals surface area contributed by atoms with E-state index in [0.29, 0.717) is 6.10 Å². The molecule has 7 nitrogen and oxygen atoms in total. The summed E-state index contributed by atoms with van der Waals surface area (Å²) in [6.45, 7) is 9.35. The van der Waals surface area contributed by atoms with Crippen molar-refractivity contribution in [1.29, 1.82) is 0 Å². The van der Waals surface area contributed by atoms with Crippen molar-refractivity contribution in [3.63, 3.8) is 0 Å². The number of alkyl halides is 3. The van der Waals surface area contributed by atoms with Crippen LogP contribution in [-0.2, 0) is 14.3 Å². The largest absolute Gasteiger partial charge is 0.490 e. The van der Waals surface area contributed by atoms with Crippen molar-refractivity contribution in [2.45, 2.75) is 38.5 Å². The Kier molecular flexibility index (Phi) is 8.36. The Morgan fingerprint density at radius 3 is 2.21 bits per heavy atom. The lowest BCUT2D eigenvalue weighted by Gasteiger charge is -2.38. The van der Waals surface area contributed by atoms with Gasteiger partial charge in [-0.1, -0.05) is 17.7 Å². The van der Waals surface area contributed by atoms with E-state index in [9.17, 15) is 18.0 Å². The number of ether oxygens (including phenoxy) is 2. The fraction of sp³-hybridized carbons (Fsp3) is 0.652. The summed E-state index contributed by atoms with van der Waals surface area (Å²) in [5.74, 6) is -2.59. The molecule has 1 unspecified atom stereocenters. The molecule has 0 bridgehead atoms. The molecule has 3 saturated heterocycles. The molecular formula is C23H31F3N2O5. The number of carbonyl (C=O) groups excluding carboxylic acids is 1. The van der Waals surface area contributed by atoms with Crippen LogP contribution in [0.5, 0.6) is 0 Å². The van der Waals surface area contributed by atoms with E-state index in [0.717, 1.165) is 77.4 Å². The van der Waals surface area contributed by atoms with Gasteiger partial charge in [-0.05, 0) is 43.7 Å². The van der Waals surface area contributed by atoms with Crippen LogP contribution in [0.4, 0.5) is 13.2 Å². The number of benzene rings is 1. The third-order valence-corrected chi connectivity index (χ3v) is 6.50. The lowest BCUT2D eigenvalue weighted by Crippen LogP contribution is -2.44. The van der Waals surface area contributed by atoms with E-state index in [2.05, 4.69) is 4.90 Å². The molecule has 0 aliphatic carbocycles. The van der Waals surface area contributed by atoms with Crippen molar-refractivity contribution in [1.82, 2.24) is 9.80 Å². The minimum Gasteiger partial charge on any atom is -0.475 e. The number of nitrogens with zero attached hydrogens (tertiary/aromatic N) is 2. The number of aliphatic carboxylic acids is 1. The summed E-state index contributed by atoms with van der Waals surface area (Å²) >= 11 is 0. The number of rotatable bonds is 3. The molecule has 3 aliphatic heterocycles. The molecule has 0 radical (unpaired) electrons. The zero-order chi connectivity index (χ0) is 24.1. The number of hydrogen-bond acceptors (Lipinski definition) is 5. The summed E-state index contributed by atoms with van der Waals surface area (Å²) in [4.78, 5) is 26.1. The number of carboxylic acid groups (broad SMARTS) is 1. The lowest BCUT2D eigenvalue weighted by atomic mass is 9.76. The highest BCUT2D eigenvalue weighted by molar-refractivity contribution is 5.94. The first-order chi connectivity index (χ1) is 15.6. The Bertz CT molecular complexity index is 801. The summed E-state index contributed by atoms with van der Waals surface area (Å²) in [7, 11) is 0. The molecule has 0 aromatic heterocycles. The molecule has 3 fully saturated rings. The zero-order valence-corrected chi connectivity index (χ0v) is 18.8. The molecule has 0 saturated carbocycles. The number of morpholine rings is 1. The lowest BCUT2D eigenvalue weighted by molar-refractivity contribution is -0.192. The Morgan fingerprint density at radius 2 is 1.67 bits per heavy atom.